The topological polar surface area (TPSA) is 72.5 Å². The molecule has 1 aromatic rings. The Kier molecular flexibility index (Phi) is 5.01. The van der Waals surface area contributed by atoms with Gasteiger partial charge in [-0.1, -0.05) is 18.0 Å². The minimum absolute atomic E-state index is 0.150. The van der Waals surface area contributed by atoms with Crippen molar-refractivity contribution >= 4 is 28.1 Å². The van der Waals surface area contributed by atoms with Crippen molar-refractivity contribution in [1.82, 2.24) is 4.72 Å². The molecular formula is C13H16ClNO4S. The smallest absolute Gasteiger partial charge is 0.293 e. The number of carbonyl (C=O) groups excluding carboxylic acids is 1. The first-order chi connectivity index (χ1) is 9.53. The third kappa shape index (κ3) is 3.71. The van der Waals surface area contributed by atoms with E-state index in [-0.39, 0.29) is 10.9 Å². The maximum atomic E-state index is 12.3. The molecule has 2 atom stereocenters. The molecule has 0 saturated heterocycles. The van der Waals surface area contributed by atoms with Crippen LogP contribution in [0.3, 0.4) is 0 Å². The van der Waals surface area contributed by atoms with Crippen LogP contribution < -0.4 is 4.72 Å². The van der Waals surface area contributed by atoms with Crippen molar-refractivity contribution in [2.45, 2.75) is 42.7 Å². The molecule has 1 aliphatic rings. The first kappa shape index (κ1) is 15.3. The molecule has 7 heteroatoms. The van der Waals surface area contributed by atoms with Gasteiger partial charge in [0, 0.05) is 5.02 Å². The predicted molar refractivity (Wildman–Crippen MR) is 75.0 cm³/mol. The van der Waals surface area contributed by atoms with Crippen LogP contribution in [0.2, 0.25) is 5.02 Å². The lowest BCUT2D eigenvalue weighted by Crippen LogP contribution is -2.46. The van der Waals surface area contributed by atoms with Crippen LogP contribution >= 0.6 is 11.6 Å². The third-order valence-electron chi connectivity index (χ3n) is 3.36. The second kappa shape index (κ2) is 6.56. The molecule has 0 bridgehead atoms. The van der Waals surface area contributed by atoms with Crippen molar-refractivity contribution in [3.63, 3.8) is 0 Å². The van der Waals surface area contributed by atoms with E-state index in [1.165, 1.54) is 24.3 Å². The Labute approximate surface area is 123 Å². The van der Waals surface area contributed by atoms with E-state index in [0.717, 1.165) is 12.8 Å². The molecule has 1 aliphatic carbocycles. The van der Waals surface area contributed by atoms with Crippen molar-refractivity contribution in [2.24, 2.45) is 0 Å². The lowest BCUT2D eigenvalue weighted by molar-refractivity contribution is -0.136. The zero-order valence-corrected chi connectivity index (χ0v) is 12.4. The maximum Gasteiger partial charge on any atom is 0.293 e. The second-order valence-electron chi connectivity index (χ2n) is 4.74. The molecule has 1 fully saturated rings. The second-order valence-corrected chi connectivity index (χ2v) is 6.89. The molecule has 0 spiro atoms. The van der Waals surface area contributed by atoms with Crippen LogP contribution in [0.1, 0.15) is 25.7 Å². The van der Waals surface area contributed by atoms with Crippen molar-refractivity contribution < 1.29 is 17.9 Å². The monoisotopic (exact) mass is 317 g/mol. The molecule has 0 aliphatic heterocycles. The minimum atomic E-state index is -3.63. The van der Waals surface area contributed by atoms with Gasteiger partial charge in [0.1, 0.15) is 6.10 Å². The summed E-state index contributed by atoms with van der Waals surface area (Å²) in [4.78, 5) is 10.6. The molecule has 0 heterocycles. The molecule has 1 aromatic carbocycles. The summed E-state index contributed by atoms with van der Waals surface area (Å²) in [5, 5.41) is 0.476. The summed E-state index contributed by atoms with van der Waals surface area (Å²) >= 11 is 5.74. The number of hydrogen-bond donors (Lipinski definition) is 1. The lowest BCUT2D eigenvalue weighted by Gasteiger charge is -2.30. The fraction of sp³-hybridized carbons (Fsp3) is 0.462. The number of sulfonamides is 1. The van der Waals surface area contributed by atoms with Crippen LogP contribution in [0.5, 0.6) is 0 Å². The zero-order chi connectivity index (χ0) is 14.6. The van der Waals surface area contributed by atoms with Crippen LogP contribution in [0.15, 0.2) is 29.2 Å². The van der Waals surface area contributed by atoms with Gasteiger partial charge in [0.15, 0.2) is 0 Å². The summed E-state index contributed by atoms with van der Waals surface area (Å²) in [6.07, 6.45) is 2.77. The molecule has 110 valence electrons. The molecule has 0 amide bonds. The molecule has 1 saturated carbocycles. The summed E-state index contributed by atoms with van der Waals surface area (Å²) in [7, 11) is -3.63. The minimum Gasteiger partial charge on any atom is -0.463 e. The van der Waals surface area contributed by atoms with Crippen LogP contribution in [-0.2, 0) is 19.6 Å². The van der Waals surface area contributed by atoms with Gasteiger partial charge >= 0.3 is 0 Å². The predicted octanol–water partition coefficient (Wildman–Crippen LogP) is 2.10. The van der Waals surface area contributed by atoms with E-state index in [1.807, 2.05) is 0 Å². The number of ether oxygens (including phenoxy) is 1. The Bertz CT molecular complexity index is 558. The van der Waals surface area contributed by atoms with Gasteiger partial charge in [0.05, 0.1) is 10.9 Å². The average molecular weight is 318 g/mol. The molecule has 2 rings (SSSR count). The molecular weight excluding hydrogens is 302 g/mol. The van der Waals surface area contributed by atoms with Gasteiger partial charge in [-0.2, -0.15) is 0 Å². The van der Waals surface area contributed by atoms with E-state index in [9.17, 15) is 13.2 Å². The van der Waals surface area contributed by atoms with E-state index >= 15 is 0 Å². The Hall–Kier alpha value is -1.11. The van der Waals surface area contributed by atoms with Gasteiger partial charge < -0.3 is 4.74 Å². The quantitative estimate of drug-likeness (QED) is 0.844. The first-order valence-electron chi connectivity index (χ1n) is 6.40. The molecule has 20 heavy (non-hydrogen) atoms. The van der Waals surface area contributed by atoms with Crippen LogP contribution in [0, 0.1) is 0 Å². The Balaban J connectivity index is 2.13. The van der Waals surface area contributed by atoms with Crippen molar-refractivity contribution in [2.75, 3.05) is 0 Å². The average Bonchev–Trinajstić information content (AvgIpc) is 2.41. The summed E-state index contributed by atoms with van der Waals surface area (Å²) in [5.41, 5.74) is 0. The standard InChI is InChI=1S/C13H16ClNO4S/c14-10-5-7-11(8-6-10)20(17,18)15-12-3-1-2-4-13(12)19-9-16/h5-9,12-13,15H,1-4H2/t12-,13+/m0/s1. The Morgan fingerprint density at radius 2 is 1.85 bits per heavy atom. The van der Waals surface area contributed by atoms with Crippen molar-refractivity contribution in [1.29, 1.82) is 0 Å². The number of benzene rings is 1. The lowest BCUT2D eigenvalue weighted by atomic mass is 9.93. The summed E-state index contributed by atoms with van der Waals surface area (Å²) in [6.45, 7) is 0.375. The number of carbonyl (C=O) groups is 1. The van der Waals surface area contributed by atoms with Gasteiger partial charge in [0.2, 0.25) is 10.0 Å². The number of hydrogen-bond acceptors (Lipinski definition) is 4. The Morgan fingerprint density at radius 3 is 2.50 bits per heavy atom. The molecule has 5 nitrogen and oxygen atoms in total. The normalized spacial score (nSPS) is 23.2. The van der Waals surface area contributed by atoms with Gasteiger partial charge in [0.25, 0.3) is 6.47 Å². The van der Waals surface area contributed by atoms with Gasteiger partial charge in [-0.05, 0) is 43.5 Å². The number of halogens is 1. The van der Waals surface area contributed by atoms with Crippen LogP contribution in [0.25, 0.3) is 0 Å². The first-order valence-corrected chi connectivity index (χ1v) is 8.26. The fourth-order valence-electron chi connectivity index (χ4n) is 2.35. The SMILES string of the molecule is O=CO[C@@H]1CCCC[C@@H]1NS(=O)(=O)c1ccc(Cl)cc1. The summed E-state index contributed by atoms with van der Waals surface area (Å²) < 4.78 is 32.1. The highest BCUT2D eigenvalue weighted by atomic mass is 35.5. The van der Waals surface area contributed by atoms with Gasteiger partial charge in [-0.25, -0.2) is 13.1 Å². The highest BCUT2D eigenvalue weighted by Crippen LogP contribution is 2.23. The highest BCUT2D eigenvalue weighted by Gasteiger charge is 2.30. The molecule has 0 unspecified atom stereocenters. The summed E-state index contributed by atoms with van der Waals surface area (Å²) in [5.74, 6) is 0. The maximum absolute atomic E-state index is 12.3. The zero-order valence-electron chi connectivity index (χ0n) is 10.8. The van der Waals surface area contributed by atoms with E-state index in [2.05, 4.69) is 4.72 Å². The van der Waals surface area contributed by atoms with E-state index in [1.54, 1.807) is 0 Å². The third-order valence-corrected chi connectivity index (χ3v) is 5.12. The molecule has 0 radical (unpaired) electrons. The molecule has 0 aromatic heterocycles. The van der Waals surface area contributed by atoms with E-state index in [4.69, 9.17) is 16.3 Å². The van der Waals surface area contributed by atoms with Crippen LogP contribution in [0.4, 0.5) is 0 Å². The van der Waals surface area contributed by atoms with Crippen LogP contribution in [-0.4, -0.2) is 27.0 Å². The number of nitrogens with one attached hydrogen (secondary N) is 1. The largest absolute Gasteiger partial charge is 0.463 e. The number of rotatable bonds is 5. The Morgan fingerprint density at radius 1 is 1.20 bits per heavy atom. The van der Waals surface area contributed by atoms with E-state index in [0.29, 0.717) is 24.3 Å². The van der Waals surface area contributed by atoms with Crippen molar-refractivity contribution in [3.8, 4) is 0 Å². The van der Waals surface area contributed by atoms with E-state index < -0.39 is 16.1 Å². The van der Waals surface area contributed by atoms with Gasteiger partial charge in [-0.3, -0.25) is 4.79 Å². The molecule has 1 N–H and O–H groups in total. The summed E-state index contributed by atoms with van der Waals surface area (Å²) in [6, 6.07) is 5.56. The van der Waals surface area contributed by atoms with Gasteiger partial charge in [-0.15, -0.1) is 0 Å². The fourth-order valence-corrected chi connectivity index (χ4v) is 3.77. The highest BCUT2D eigenvalue weighted by molar-refractivity contribution is 7.89. The van der Waals surface area contributed by atoms with Crippen molar-refractivity contribution in [3.05, 3.63) is 29.3 Å².